The molecule has 2 saturated carbocycles. The number of aromatic hydroxyl groups is 2. The van der Waals surface area contributed by atoms with Gasteiger partial charge < -0.3 is 29.1 Å². The van der Waals surface area contributed by atoms with Crippen LogP contribution in [0.4, 0.5) is 0 Å². The normalized spacial score (nSPS) is 16.4. The molecule has 6 nitrogen and oxygen atoms in total. The first-order valence-corrected chi connectivity index (χ1v) is 20.7. The van der Waals surface area contributed by atoms with E-state index < -0.39 is 17.4 Å². The third kappa shape index (κ3) is 17.3. The van der Waals surface area contributed by atoms with Crippen LogP contribution in [0.3, 0.4) is 0 Å². The number of rotatable bonds is 4. The summed E-state index contributed by atoms with van der Waals surface area (Å²) in [5, 5.41) is 21.6. The van der Waals surface area contributed by atoms with E-state index in [1.807, 2.05) is 0 Å². The van der Waals surface area contributed by atoms with E-state index in [-0.39, 0.29) is 38.2 Å². The van der Waals surface area contributed by atoms with Crippen LogP contribution in [0.5, 0.6) is 11.5 Å². The van der Waals surface area contributed by atoms with Crippen molar-refractivity contribution in [1.82, 2.24) is 0 Å². The average Bonchev–Trinajstić information content (AvgIpc) is 2.99. The van der Waals surface area contributed by atoms with Crippen LogP contribution >= 0.6 is 17.4 Å². The Kier molecular flexibility index (Phi) is 21.9. The predicted molar refractivity (Wildman–Crippen MR) is 212 cm³/mol. The fourth-order valence-electron chi connectivity index (χ4n) is 7.36. The SMILES string of the molecule is CC(C)(C)c1cc(CC2CCCCC2)cc(C(C)(C)C)c1O.CC(C)(C)c1cc(CC2CCCCC2)cc(C(C)(C)C)c1O.O=[PH2][O-].O=[PH2][O-].[Ni+2]. The van der Waals surface area contributed by atoms with E-state index in [0.29, 0.717) is 11.5 Å². The Bertz CT molecular complexity index is 1160. The summed E-state index contributed by atoms with van der Waals surface area (Å²) in [7, 11) is -3.50. The second-order valence-corrected chi connectivity index (χ2v) is 19.1. The van der Waals surface area contributed by atoms with Gasteiger partial charge in [-0.15, -0.1) is 0 Å². The van der Waals surface area contributed by atoms with Gasteiger partial charge in [0, 0.05) is 0 Å². The Morgan fingerprint density at radius 1 is 0.510 bits per heavy atom. The molecular formula is C42H72NiO6P2. The van der Waals surface area contributed by atoms with Crippen molar-refractivity contribution in [2.45, 2.75) is 182 Å². The van der Waals surface area contributed by atoms with Crippen LogP contribution in [0.25, 0.3) is 0 Å². The van der Waals surface area contributed by atoms with E-state index in [1.165, 1.54) is 88.2 Å². The zero-order valence-corrected chi connectivity index (χ0v) is 37.2. The Labute approximate surface area is 324 Å². The molecule has 4 rings (SSSR count). The van der Waals surface area contributed by atoms with Crippen LogP contribution in [0.1, 0.15) is 181 Å². The molecule has 0 aliphatic heterocycles. The molecule has 2 atom stereocenters. The molecule has 0 radical (unpaired) electrons. The minimum atomic E-state index is -1.75. The van der Waals surface area contributed by atoms with Crippen LogP contribution in [0, 0.1) is 11.8 Å². The van der Waals surface area contributed by atoms with Crippen molar-refractivity contribution >= 4 is 17.4 Å². The summed E-state index contributed by atoms with van der Waals surface area (Å²) < 4.78 is 16.9. The standard InChI is InChI=1S/2C21H34O.Ni.2H3O2P/c2*1-20(2,3)17-13-16(12-15-10-8-7-9-11-15)14-18(19(17)22)21(4,5)6;;2*1-3-2/h2*13-15,22H,7-12H2,1-6H3;;2*3H2,(H,1,2)/q;;+2;;/p-2. The molecule has 9 heteroatoms. The summed E-state index contributed by atoms with van der Waals surface area (Å²) in [6, 6.07) is 9.05. The van der Waals surface area contributed by atoms with Crippen molar-refractivity contribution in [1.29, 1.82) is 0 Å². The second-order valence-electron chi connectivity index (χ2n) is 18.7. The fourth-order valence-corrected chi connectivity index (χ4v) is 7.36. The zero-order valence-electron chi connectivity index (χ0n) is 33.9. The van der Waals surface area contributed by atoms with E-state index >= 15 is 0 Å². The van der Waals surface area contributed by atoms with Gasteiger partial charge in [0.05, 0.1) is 0 Å². The molecule has 0 saturated heterocycles. The van der Waals surface area contributed by atoms with E-state index in [4.69, 9.17) is 18.9 Å². The summed E-state index contributed by atoms with van der Waals surface area (Å²) >= 11 is 0. The first kappa shape index (κ1) is 49.9. The Balaban J connectivity index is 0.000000835. The third-order valence-electron chi connectivity index (χ3n) is 10.1. The number of phenolic OH excluding ortho intramolecular Hbond substituents is 2. The summed E-state index contributed by atoms with van der Waals surface area (Å²) in [5.41, 5.74) is 7.16. The topological polar surface area (TPSA) is 121 Å². The van der Waals surface area contributed by atoms with Crippen LogP contribution < -0.4 is 9.79 Å². The molecule has 0 aromatic heterocycles. The zero-order chi connectivity index (χ0) is 38.5. The molecule has 0 amide bonds. The van der Waals surface area contributed by atoms with Crippen molar-refractivity contribution in [2.75, 3.05) is 0 Å². The van der Waals surface area contributed by atoms with Gasteiger partial charge in [0.25, 0.3) is 0 Å². The quantitative estimate of drug-likeness (QED) is 0.235. The maximum absolute atomic E-state index is 10.8. The summed E-state index contributed by atoms with van der Waals surface area (Å²) in [5.74, 6) is 2.68. The average molecular weight is 794 g/mol. The van der Waals surface area contributed by atoms with Crippen molar-refractivity contribution in [3.63, 3.8) is 0 Å². The molecule has 2 aliphatic carbocycles. The first-order chi connectivity index (χ1) is 23.0. The van der Waals surface area contributed by atoms with Gasteiger partial charge in [-0.05, 0) is 97.1 Å². The van der Waals surface area contributed by atoms with E-state index in [9.17, 15) is 10.2 Å². The molecule has 51 heavy (non-hydrogen) atoms. The third-order valence-corrected chi connectivity index (χ3v) is 10.1. The summed E-state index contributed by atoms with van der Waals surface area (Å²) in [4.78, 5) is 16.9. The molecule has 2 aliphatic rings. The summed E-state index contributed by atoms with van der Waals surface area (Å²) in [6.07, 6.45) is 16.2. The Morgan fingerprint density at radius 3 is 0.882 bits per heavy atom. The molecule has 2 aromatic carbocycles. The van der Waals surface area contributed by atoms with Crippen molar-refractivity contribution in [3.8, 4) is 11.5 Å². The molecule has 2 unspecified atom stereocenters. The molecule has 2 fully saturated rings. The minimum Gasteiger partial charge on any atom is -0.804 e. The molecular weight excluding hydrogens is 721 g/mol. The largest absolute Gasteiger partial charge is 2.00 e. The van der Waals surface area contributed by atoms with E-state index in [0.717, 1.165) is 34.1 Å². The molecule has 296 valence electrons. The van der Waals surface area contributed by atoms with Gasteiger partial charge in [0.2, 0.25) is 0 Å². The van der Waals surface area contributed by atoms with Crippen molar-refractivity contribution < 1.29 is 45.6 Å². The van der Waals surface area contributed by atoms with E-state index in [1.54, 1.807) is 0 Å². The van der Waals surface area contributed by atoms with Gasteiger partial charge in [0.15, 0.2) is 0 Å². The van der Waals surface area contributed by atoms with Crippen LogP contribution in [0.15, 0.2) is 24.3 Å². The molecule has 0 spiro atoms. The van der Waals surface area contributed by atoms with Gasteiger partial charge in [-0.1, -0.05) is 172 Å². The number of phenols is 2. The Hall–Kier alpha value is -1.09. The summed E-state index contributed by atoms with van der Waals surface area (Å²) in [6.45, 7) is 26.3. The second kappa shape index (κ2) is 22.3. The van der Waals surface area contributed by atoms with Crippen LogP contribution in [-0.2, 0) is 60.1 Å². The molecule has 0 heterocycles. The van der Waals surface area contributed by atoms with Gasteiger partial charge in [-0.2, -0.15) is 0 Å². The molecule has 2 aromatic rings. The number of hydrogen-bond acceptors (Lipinski definition) is 6. The number of benzene rings is 2. The number of hydrogen-bond donors (Lipinski definition) is 2. The van der Waals surface area contributed by atoms with Crippen molar-refractivity contribution in [2.24, 2.45) is 11.8 Å². The molecule has 2 N–H and O–H groups in total. The van der Waals surface area contributed by atoms with Gasteiger partial charge in [-0.3, -0.25) is 0 Å². The minimum absolute atomic E-state index is 0. The van der Waals surface area contributed by atoms with Crippen molar-refractivity contribution in [3.05, 3.63) is 57.6 Å². The monoisotopic (exact) mass is 792 g/mol. The smallest absolute Gasteiger partial charge is 0.804 e. The predicted octanol–water partition coefficient (Wildman–Crippen LogP) is 10.3. The maximum atomic E-state index is 10.8. The van der Waals surface area contributed by atoms with Gasteiger partial charge in [-0.25, -0.2) is 0 Å². The first-order valence-electron chi connectivity index (χ1n) is 18.9. The van der Waals surface area contributed by atoms with Gasteiger partial charge >= 0.3 is 16.5 Å². The molecule has 0 bridgehead atoms. The maximum Gasteiger partial charge on any atom is 2.00 e. The Morgan fingerprint density at radius 2 is 0.706 bits per heavy atom. The van der Waals surface area contributed by atoms with E-state index in [2.05, 4.69) is 107 Å². The van der Waals surface area contributed by atoms with Gasteiger partial charge in [0.1, 0.15) is 11.5 Å². The van der Waals surface area contributed by atoms with Crippen LogP contribution in [-0.4, -0.2) is 10.2 Å². The fraction of sp³-hybridized carbons (Fsp3) is 0.714. The van der Waals surface area contributed by atoms with Crippen LogP contribution in [0.2, 0.25) is 0 Å².